The molecule has 0 bridgehead atoms. The van der Waals surface area contributed by atoms with Crippen molar-refractivity contribution in [1.29, 1.82) is 0 Å². The summed E-state index contributed by atoms with van der Waals surface area (Å²) >= 11 is 0. The first-order chi connectivity index (χ1) is 11.8. The van der Waals surface area contributed by atoms with Crippen molar-refractivity contribution in [2.75, 3.05) is 16.8 Å². The Labute approximate surface area is 149 Å². The topological polar surface area (TPSA) is 49.4 Å². The molecule has 0 fully saturated rings. The minimum absolute atomic E-state index is 0.0102. The van der Waals surface area contributed by atoms with Crippen molar-refractivity contribution >= 4 is 23.2 Å². The zero-order chi connectivity index (χ0) is 18.6. The van der Waals surface area contributed by atoms with E-state index in [2.05, 4.69) is 19.2 Å². The van der Waals surface area contributed by atoms with Gasteiger partial charge in [0, 0.05) is 18.3 Å². The van der Waals surface area contributed by atoms with Gasteiger partial charge in [0.15, 0.2) is 0 Å². The smallest absolute Gasteiger partial charge is 0.244 e. The molecular formula is C21H26N2O2. The number of anilines is 2. The van der Waals surface area contributed by atoms with E-state index >= 15 is 0 Å². The molecule has 2 aromatic carbocycles. The number of carbonyl (C=O) groups excluding carboxylic acids is 2. The number of carbonyl (C=O) groups is 2. The Morgan fingerprint density at radius 3 is 2.24 bits per heavy atom. The van der Waals surface area contributed by atoms with Crippen LogP contribution in [0.1, 0.15) is 43.4 Å². The largest absolute Gasteiger partial charge is 0.324 e. The molecule has 1 N–H and O–H groups in total. The highest BCUT2D eigenvalue weighted by molar-refractivity contribution is 6.02. The quantitative estimate of drug-likeness (QED) is 0.877. The lowest BCUT2D eigenvalue weighted by atomic mass is 10.0. The van der Waals surface area contributed by atoms with Crippen molar-refractivity contribution in [3.8, 4) is 0 Å². The van der Waals surface area contributed by atoms with Crippen molar-refractivity contribution in [1.82, 2.24) is 0 Å². The van der Waals surface area contributed by atoms with E-state index in [0.717, 1.165) is 22.5 Å². The fourth-order valence-electron chi connectivity index (χ4n) is 2.64. The number of hydrogen-bond donors (Lipinski definition) is 1. The van der Waals surface area contributed by atoms with Crippen molar-refractivity contribution in [2.45, 2.75) is 40.5 Å². The summed E-state index contributed by atoms with van der Waals surface area (Å²) in [5.41, 5.74) is 4.86. The Morgan fingerprint density at radius 2 is 1.68 bits per heavy atom. The lowest BCUT2D eigenvalue weighted by Gasteiger charge is -2.22. The summed E-state index contributed by atoms with van der Waals surface area (Å²) in [6.45, 7) is 9.68. The first kappa shape index (κ1) is 18.7. The van der Waals surface area contributed by atoms with Gasteiger partial charge in [-0.2, -0.15) is 0 Å². The van der Waals surface area contributed by atoms with Crippen LogP contribution in [0.2, 0.25) is 0 Å². The number of nitrogens with one attached hydrogen (secondary N) is 1. The van der Waals surface area contributed by atoms with E-state index in [-0.39, 0.29) is 18.4 Å². The molecule has 0 aromatic heterocycles. The van der Waals surface area contributed by atoms with Crippen LogP contribution in [0.5, 0.6) is 0 Å². The van der Waals surface area contributed by atoms with E-state index in [1.165, 1.54) is 17.4 Å². The number of amides is 2. The molecule has 2 rings (SSSR count). The zero-order valence-corrected chi connectivity index (χ0v) is 15.6. The van der Waals surface area contributed by atoms with Gasteiger partial charge in [0.25, 0.3) is 0 Å². The van der Waals surface area contributed by atoms with Gasteiger partial charge in [-0.3, -0.25) is 9.59 Å². The maximum absolute atomic E-state index is 12.4. The molecule has 0 aliphatic carbocycles. The van der Waals surface area contributed by atoms with Crippen molar-refractivity contribution in [2.24, 2.45) is 0 Å². The van der Waals surface area contributed by atoms with Gasteiger partial charge in [0.1, 0.15) is 6.54 Å². The highest BCUT2D eigenvalue weighted by atomic mass is 16.2. The number of rotatable bonds is 5. The molecule has 2 aromatic rings. The average Bonchev–Trinajstić information content (AvgIpc) is 2.56. The highest BCUT2D eigenvalue weighted by Gasteiger charge is 2.17. The van der Waals surface area contributed by atoms with Crippen LogP contribution in [0.25, 0.3) is 0 Å². The molecule has 25 heavy (non-hydrogen) atoms. The molecule has 0 heterocycles. The van der Waals surface area contributed by atoms with Crippen LogP contribution in [0.15, 0.2) is 42.5 Å². The maximum Gasteiger partial charge on any atom is 0.244 e. The van der Waals surface area contributed by atoms with Gasteiger partial charge in [-0.25, -0.2) is 0 Å². The molecule has 4 heteroatoms. The lowest BCUT2D eigenvalue weighted by molar-refractivity contribution is -0.120. The molecule has 4 nitrogen and oxygen atoms in total. The lowest BCUT2D eigenvalue weighted by Crippen LogP contribution is -2.36. The van der Waals surface area contributed by atoms with Gasteiger partial charge in [-0.05, 0) is 54.7 Å². The van der Waals surface area contributed by atoms with E-state index in [1.54, 1.807) is 0 Å². The van der Waals surface area contributed by atoms with Crippen LogP contribution in [-0.2, 0) is 9.59 Å². The van der Waals surface area contributed by atoms with E-state index < -0.39 is 0 Å². The van der Waals surface area contributed by atoms with Gasteiger partial charge in [-0.15, -0.1) is 0 Å². The minimum Gasteiger partial charge on any atom is -0.324 e. The SMILES string of the molecule is CC(=O)N(CC(=O)Nc1cccc(C)c1C)c1ccc(C(C)C)cc1. The van der Waals surface area contributed by atoms with Crippen molar-refractivity contribution in [3.05, 3.63) is 59.2 Å². The third-order valence-electron chi connectivity index (χ3n) is 4.43. The van der Waals surface area contributed by atoms with Crippen LogP contribution in [0, 0.1) is 13.8 Å². The second-order valence-electron chi connectivity index (χ2n) is 6.65. The second kappa shape index (κ2) is 7.97. The van der Waals surface area contributed by atoms with Crippen molar-refractivity contribution in [3.63, 3.8) is 0 Å². The Kier molecular flexibility index (Phi) is 5.97. The van der Waals surface area contributed by atoms with Crippen LogP contribution in [0.4, 0.5) is 11.4 Å². The predicted octanol–water partition coefficient (Wildman–Crippen LogP) is 4.42. The molecule has 0 radical (unpaired) electrons. The van der Waals surface area contributed by atoms with E-state index in [4.69, 9.17) is 0 Å². The maximum atomic E-state index is 12.4. The zero-order valence-electron chi connectivity index (χ0n) is 15.6. The predicted molar refractivity (Wildman–Crippen MR) is 103 cm³/mol. The van der Waals surface area contributed by atoms with E-state index in [9.17, 15) is 9.59 Å². The Balaban J connectivity index is 2.14. The monoisotopic (exact) mass is 338 g/mol. The number of benzene rings is 2. The van der Waals surface area contributed by atoms with Crippen LogP contribution in [0.3, 0.4) is 0 Å². The fourth-order valence-corrected chi connectivity index (χ4v) is 2.64. The highest BCUT2D eigenvalue weighted by Crippen LogP contribution is 2.21. The first-order valence-electron chi connectivity index (χ1n) is 8.53. The summed E-state index contributed by atoms with van der Waals surface area (Å²) in [5.74, 6) is 0.0534. The van der Waals surface area contributed by atoms with Gasteiger partial charge < -0.3 is 10.2 Å². The molecule has 0 saturated heterocycles. The molecule has 0 atom stereocenters. The number of aryl methyl sites for hydroxylation is 1. The summed E-state index contributed by atoms with van der Waals surface area (Å²) in [7, 11) is 0. The normalized spacial score (nSPS) is 10.6. The third-order valence-corrected chi connectivity index (χ3v) is 4.43. The van der Waals surface area contributed by atoms with E-state index in [0.29, 0.717) is 5.92 Å². The molecule has 132 valence electrons. The third kappa shape index (κ3) is 4.69. The standard InChI is InChI=1S/C21H26N2O2/c1-14(2)18-9-11-19(12-10-18)23(17(5)24)13-21(25)22-20-8-6-7-15(3)16(20)4/h6-12,14H,13H2,1-5H3,(H,22,25). The Hall–Kier alpha value is -2.62. The van der Waals surface area contributed by atoms with Gasteiger partial charge in [0.2, 0.25) is 11.8 Å². The van der Waals surface area contributed by atoms with E-state index in [1.807, 2.05) is 56.3 Å². The number of hydrogen-bond acceptors (Lipinski definition) is 2. The molecule has 0 spiro atoms. The molecule has 0 aliphatic rings. The summed E-state index contributed by atoms with van der Waals surface area (Å²) in [5, 5.41) is 2.90. The molecule has 0 unspecified atom stereocenters. The van der Waals surface area contributed by atoms with Crippen LogP contribution < -0.4 is 10.2 Å². The summed E-state index contributed by atoms with van der Waals surface area (Å²) in [6, 6.07) is 13.6. The van der Waals surface area contributed by atoms with Crippen LogP contribution in [-0.4, -0.2) is 18.4 Å². The summed E-state index contributed by atoms with van der Waals surface area (Å²) in [6.07, 6.45) is 0. The Morgan fingerprint density at radius 1 is 1.04 bits per heavy atom. The summed E-state index contributed by atoms with van der Waals surface area (Å²) in [4.78, 5) is 25.9. The molecule has 0 aliphatic heterocycles. The number of nitrogens with zero attached hydrogens (tertiary/aromatic N) is 1. The Bertz CT molecular complexity index is 764. The van der Waals surface area contributed by atoms with Crippen LogP contribution >= 0.6 is 0 Å². The fraction of sp³-hybridized carbons (Fsp3) is 0.333. The second-order valence-corrected chi connectivity index (χ2v) is 6.65. The molecule has 2 amide bonds. The van der Waals surface area contributed by atoms with Gasteiger partial charge in [0.05, 0.1) is 0 Å². The van der Waals surface area contributed by atoms with Gasteiger partial charge in [-0.1, -0.05) is 38.1 Å². The van der Waals surface area contributed by atoms with Gasteiger partial charge >= 0.3 is 0 Å². The van der Waals surface area contributed by atoms with Crippen molar-refractivity contribution < 1.29 is 9.59 Å². The first-order valence-corrected chi connectivity index (χ1v) is 8.53. The summed E-state index contributed by atoms with van der Waals surface area (Å²) < 4.78 is 0. The molecule has 0 saturated carbocycles. The molecular weight excluding hydrogens is 312 g/mol. The average molecular weight is 338 g/mol. The minimum atomic E-state index is -0.211.